The summed E-state index contributed by atoms with van der Waals surface area (Å²) in [6.45, 7) is 6.43. The average Bonchev–Trinajstić information content (AvgIpc) is 2.70. The first kappa shape index (κ1) is 22.4. The van der Waals surface area contributed by atoms with Crippen LogP contribution in [0.4, 0.5) is 0 Å². The van der Waals surface area contributed by atoms with Gasteiger partial charge in [-0.3, -0.25) is 9.69 Å². The minimum atomic E-state index is -1.82. The van der Waals surface area contributed by atoms with E-state index in [1.54, 1.807) is 12.1 Å². The van der Waals surface area contributed by atoms with Gasteiger partial charge in [0.15, 0.2) is 0 Å². The summed E-state index contributed by atoms with van der Waals surface area (Å²) in [6, 6.07) is 15.7. The van der Waals surface area contributed by atoms with Gasteiger partial charge in [-0.15, -0.1) is 0 Å². The van der Waals surface area contributed by atoms with Crippen molar-refractivity contribution in [3.63, 3.8) is 0 Å². The molecular formula is C21H23ClN2O5. The number of amides is 1. The molecular weight excluding hydrogens is 396 g/mol. The summed E-state index contributed by atoms with van der Waals surface area (Å²) in [4.78, 5) is 35.0. The first-order chi connectivity index (χ1) is 13.8. The van der Waals surface area contributed by atoms with Crippen molar-refractivity contribution in [2.75, 3.05) is 26.2 Å². The van der Waals surface area contributed by atoms with Gasteiger partial charge in [-0.1, -0.05) is 41.9 Å². The Labute approximate surface area is 174 Å². The topological polar surface area (TPSA) is 98.2 Å². The van der Waals surface area contributed by atoms with Crippen molar-refractivity contribution < 1.29 is 24.6 Å². The summed E-state index contributed by atoms with van der Waals surface area (Å²) in [5, 5.41) is 15.4. The Morgan fingerprint density at radius 3 is 2.10 bits per heavy atom. The number of carboxylic acids is 2. The zero-order chi connectivity index (χ0) is 21.4. The highest BCUT2D eigenvalue weighted by molar-refractivity contribution is 6.31. The Balaban J connectivity index is 0.000000438. The summed E-state index contributed by atoms with van der Waals surface area (Å²) >= 11 is 5.98. The molecule has 1 amide bonds. The van der Waals surface area contributed by atoms with Crippen molar-refractivity contribution in [1.29, 1.82) is 0 Å². The zero-order valence-corrected chi connectivity index (χ0v) is 16.8. The molecule has 0 spiro atoms. The number of hydrogen-bond donors (Lipinski definition) is 2. The summed E-state index contributed by atoms with van der Waals surface area (Å²) < 4.78 is 0. The van der Waals surface area contributed by atoms with Gasteiger partial charge in [0, 0.05) is 43.3 Å². The van der Waals surface area contributed by atoms with Crippen LogP contribution in [0.5, 0.6) is 0 Å². The van der Waals surface area contributed by atoms with Gasteiger partial charge in [0.25, 0.3) is 5.91 Å². The molecule has 1 aliphatic rings. The van der Waals surface area contributed by atoms with Crippen molar-refractivity contribution in [2.24, 2.45) is 0 Å². The summed E-state index contributed by atoms with van der Waals surface area (Å²) in [5.74, 6) is -3.58. The molecule has 0 atom stereocenters. The van der Waals surface area contributed by atoms with Gasteiger partial charge in [-0.05, 0) is 36.2 Å². The lowest BCUT2D eigenvalue weighted by Gasteiger charge is -2.35. The predicted molar refractivity (Wildman–Crippen MR) is 109 cm³/mol. The number of halogens is 1. The first-order valence-corrected chi connectivity index (χ1v) is 9.43. The van der Waals surface area contributed by atoms with Crippen molar-refractivity contribution >= 4 is 29.4 Å². The zero-order valence-electron chi connectivity index (χ0n) is 16.0. The van der Waals surface area contributed by atoms with E-state index in [2.05, 4.69) is 36.1 Å². The number of piperazine rings is 1. The third-order valence-corrected chi connectivity index (χ3v) is 4.80. The van der Waals surface area contributed by atoms with Crippen LogP contribution < -0.4 is 0 Å². The molecule has 154 valence electrons. The van der Waals surface area contributed by atoms with Crippen molar-refractivity contribution in [3.8, 4) is 0 Å². The highest BCUT2D eigenvalue weighted by atomic mass is 35.5. The molecule has 3 rings (SSSR count). The highest BCUT2D eigenvalue weighted by Gasteiger charge is 2.22. The Hall–Kier alpha value is -2.90. The summed E-state index contributed by atoms with van der Waals surface area (Å²) in [6.07, 6.45) is 0. The van der Waals surface area contributed by atoms with Crippen LogP contribution in [0, 0.1) is 6.92 Å². The fraction of sp³-hybridized carbons (Fsp3) is 0.286. The molecule has 7 nitrogen and oxygen atoms in total. The summed E-state index contributed by atoms with van der Waals surface area (Å²) in [7, 11) is 0. The maximum atomic E-state index is 12.5. The molecule has 0 saturated carbocycles. The quantitative estimate of drug-likeness (QED) is 0.744. The molecule has 2 aromatic carbocycles. The van der Waals surface area contributed by atoms with E-state index in [4.69, 9.17) is 31.4 Å². The lowest BCUT2D eigenvalue weighted by molar-refractivity contribution is -0.159. The van der Waals surface area contributed by atoms with E-state index in [9.17, 15) is 4.79 Å². The van der Waals surface area contributed by atoms with Crippen molar-refractivity contribution in [3.05, 3.63) is 70.2 Å². The van der Waals surface area contributed by atoms with E-state index >= 15 is 0 Å². The number of aliphatic carboxylic acids is 2. The number of aryl methyl sites for hydroxylation is 1. The van der Waals surface area contributed by atoms with E-state index in [1.165, 1.54) is 11.1 Å². The van der Waals surface area contributed by atoms with Crippen LogP contribution in [0.1, 0.15) is 21.5 Å². The molecule has 0 bridgehead atoms. The molecule has 1 heterocycles. The lowest BCUT2D eigenvalue weighted by atomic mass is 10.1. The van der Waals surface area contributed by atoms with Crippen LogP contribution in [0.2, 0.25) is 5.02 Å². The van der Waals surface area contributed by atoms with Gasteiger partial charge < -0.3 is 15.1 Å². The Morgan fingerprint density at radius 2 is 1.55 bits per heavy atom. The Bertz CT molecular complexity index is 867. The molecule has 0 radical (unpaired) electrons. The van der Waals surface area contributed by atoms with Crippen LogP contribution >= 0.6 is 11.6 Å². The highest BCUT2D eigenvalue weighted by Crippen LogP contribution is 2.16. The fourth-order valence-electron chi connectivity index (χ4n) is 2.94. The van der Waals surface area contributed by atoms with E-state index in [0.29, 0.717) is 10.6 Å². The number of carbonyl (C=O) groups is 3. The molecule has 2 aromatic rings. The standard InChI is InChI=1S/C19H21ClN2O.C2H2O4/c1-15-5-2-3-6-17(15)14-21-9-11-22(12-10-21)19(23)16-7-4-8-18(20)13-16;3-1(4)2(5)6/h2-8,13H,9-12,14H2,1H3;(H,3,4)(H,5,6). The molecule has 8 heteroatoms. The van der Waals surface area contributed by atoms with Gasteiger partial charge in [0.2, 0.25) is 0 Å². The normalized spacial score (nSPS) is 13.9. The van der Waals surface area contributed by atoms with Crippen LogP contribution in [0.25, 0.3) is 0 Å². The minimum Gasteiger partial charge on any atom is -0.473 e. The molecule has 1 aliphatic heterocycles. The molecule has 0 aliphatic carbocycles. The number of carboxylic acid groups (broad SMARTS) is 2. The maximum Gasteiger partial charge on any atom is 0.414 e. The van der Waals surface area contributed by atoms with E-state index in [1.807, 2.05) is 17.0 Å². The third kappa shape index (κ3) is 6.89. The van der Waals surface area contributed by atoms with Crippen molar-refractivity contribution in [2.45, 2.75) is 13.5 Å². The van der Waals surface area contributed by atoms with Gasteiger partial charge >= 0.3 is 11.9 Å². The Morgan fingerprint density at radius 1 is 0.931 bits per heavy atom. The number of benzene rings is 2. The van der Waals surface area contributed by atoms with E-state index in [-0.39, 0.29) is 5.91 Å². The van der Waals surface area contributed by atoms with E-state index in [0.717, 1.165) is 32.7 Å². The van der Waals surface area contributed by atoms with Crippen LogP contribution in [0.15, 0.2) is 48.5 Å². The second-order valence-corrected chi connectivity index (χ2v) is 7.05. The Kier molecular flexibility index (Phi) is 8.18. The second-order valence-electron chi connectivity index (χ2n) is 6.62. The average molecular weight is 419 g/mol. The van der Waals surface area contributed by atoms with Gasteiger partial charge in [0.1, 0.15) is 0 Å². The van der Waals surface area contributed by atoms with Crippen LogP contribution in [-0.4, -0.2) is 64.0 Å². The molecule has 0 aromatic heterocycles. The second kappa shape index (κ2) is 10.6. The minimum absolute atomic E-state index is 0.0723. The molecule has 2 N–H and O–H groups in total. The smallest absolute Gasteiger partial charge is 0.414 e. The first-order valence-electron chi connectivity index (χ1n) is 9.06. The third-order valence-electron chi connectivity index (χ3n) is 4.57. The number of carbonyl (C=O) groups excluding carboxylic acids is 1. The number of nitrogens with zero attached hydrogens (tertiary/aromatic N) is 2. The maximum absolute atomic E-state index is 12.5. The molecule has 29 heavy (non-hydrogen) atoms. The van der Waals surface area contributed by atoms with E-state index < -0.39 is 11.9 Å². The van der Waals surface area contributed by atoms with Crippen LogP contribution in [0.3, 0.4) is 0 Å². The van der Waals surface area contributed by atoms with Gasteiger partial charge in [-0.25, -0.2) is 9.59 Å². The molecule has 1 saturated heterocycles. The molecule has 0 unspecified atom stereocenters. The van der Waals surface area contributed by atoms with Gasteiger partial charge in [0.05, 0.1) is 0 Å². The van der Waals surface area contributed by atoms with Crippen LogP contribution in [-0.2, 0) is 16.1 Å². The fourth-order valence-corrected chi connectivity index (χ4v) is 3.13. The largest absolute Gasteiger partial charge is 0.473 e. The predicted octanol–water partition coefficient (Wildman–Crippen LogP) is 2.76. The van der Waals surface area contributed by atoms with Gasteiger partial charge in [-0.2, -0.15) is 0 Å². The lowest BCUT2D eigenvalue weighted by Crippen LogP contribution is -2.48. The van der Waals surface area contributed by atoms with Crippen molar-refractivity contribution in [1.82, 2.24) is 9.80 Å². The SMILES string of the molecule is Cc1ccccc1CN1CCN(C(=O)c2cccc(Cl)c2)CC1.O=C(O)C(=O)O. The number of rotatable bonds is 3. The molecule has 1 fully saturated rings. The monoisotopic (exact) mass is 418 g/mol. The number of hydrogen-bond acceptors (Lipinski definition) is 4. The summed E-state index contributed by atoms with van der Waals surface area (Å²) in [5.41, 5.74) is 3.36.